The molecule has 0 fully saturated rings. The SMILES string of the molecule is CC(C)S(=O)(=O)c1ccc(Cc2nnc(NC(=O)COc3ccccc3)o2)cc1. The first-order chi connectivity index (χ1) is 13.8. The Morgan fingerprint density at radius 2 is 1.76 bits per heavy atom. The molecular weight excluding hydrogens is 394 g/mol. The quantitative estimate of drug-likeness (QED) is 0.602. The molecule has 152 valence electrons. The number of amides is 1. The summed E-state index contributed by atoms with van der Waals surface area (Å²) in [6, 6.07) is 15.5. The third-order valence-corrected chi connectivity index (χ3v) is 6.22. The number of hydrogen-bond acceptors (Lipinski definition) is 7. The summed E-state index contributed by atoms with van der Waals surface area (Å²) in [5.74, 6) is 0.452. The van der Waals surface area contributed by atoms with Gasteiger partial charge >= 0.3 is 6.01 Å². The zero-order valence-electron chi connectivity index (χ0n) is 16.0. The zero-order valence-corrected chi connectivity index (χ0v) is 16.8. The molecule has 3 rings (SSSR count). The van der Waals surface area contributed by atoms with Crippen LogP contribution in [0.5, 0.6) is 5.75 Å². The molecule has 0 unspecified atom stereocenters. The normalized spacial score (nSPS) is 11.4. The number of benzene rings is 2. The fraction of sp³-hybridized carbons (Fsp3) is 0.250. The molecule has 1 amide bonds. The highest BCUT2D eigenvalue weighted by Gasteiger charge is 2.19. The van der Waals surface area contributed by atoms with Crippen LogP contribution in [0.2, 0.25) is 0 Å². The molecule has 1 N–H and O–H groups in total. The second-order valence-corrected chi connectivity index (χ2v) is 9.07. The summed E-state index contributed by atoms with van der Waals surface area (Å²) in [5, 5.41) is 9.67. The van der Waals surface area contributed by atoms with E-state index < -0.39 is 21.0 Å². The maximum absolute atomic E-state index is 12.2. The molecular formula is C20H21N3O5S. The average molecular weight is 415 g/mol. The Morgan fingerprint density at radius 1 is 1.07 bits per heavy atom. The highest BCUT2D eigenvalue weighted by atomic mass is 32.2. The van der Waals surface area contributed by atoms with E-state index in [0.29, 0.717) is 18.1 Å². The zero-order chi connectivity index (χ0) is 20.9. The van der Waals surface area contributed by atoms with Crippen molar-refractivity contribution >= 4 is 21.8 Å². The van der Waals surface area contributed by atoms with Gasteiger partial charge in [0.15, 0.2) is 16.4 Å². The number of aromatic nitrogens is 2. The summed E-state index contributed by atoms with van der Waals surface area (Å²) in [6.07, 6.45) is 0.311. The summed E-state index contributed by atoms with van der Waals surface area (Å²) >= 11 is 0. The molecule has 8 nitrogen and oxygen atoms in total. The Kier molecular flexibility index (Phi) is 6.28. The van der Waals surface area contributed by atoms with E-state index in [0.717, 1.165) is 5.56 Å². The van der Waals surface area contributed by atoms with Gasteiger partial charge in [0, 0.05) is 0 Å². The number of hydrogen-bond donors (Lipinski definition) is 1. The molecule has 9 heteroatoms. The molecule has 0 spiro atoms. The lowest BCUT2D eigenvalue weighted by atomic mass is 10.1. The molecule has 29 heavy (non-hydrogen) atoms. The summed E-state index contributed by atoms with van der Waals surface area (Å²) in [4.78, 5) is 12.2. The van der Waals surface area contributed by atoms with Crippen molar-refractivity contribution in [3.05, 3.63) is 66.1 Å². The third kappa shape index (κ3) is 5.41. The summed E-state index contributed by atoms with van der Waals surface area (Å²) in [6.45, 7) is 3.10. The first kappa shape index (κ1) is 20.5. The summed E-state index contributed by atoms with van der Waals surface area (Å²) in [7, 11) is -3.31. The lowest BCUT2D eigenvalue weighted by Crippen LogP contribution is -2.20. The van der Waals surface area contributed by atoms with Crippen LogP contribution in [-0.2, 0) is 21.1 Å². The van der Waals surface area contributed by atoms with Gasteiger partial charge in [-0.15, -0.1) is 5.10 Å². The minimum atomic E-state index is -3.31. The van der Waals surface area contributed by atoms with Crippen molar-refractivity contribution in [2.45, 2.75) is 30.4 Å². The van der Waals surface area contributed by atoms with E-state index in [-0.39, 0.29) is 17.5 Å². The maximum Gasteiger partial charge on any atom is 0.322 e. The minimum absolute atomic E-state index is 0.0272. The minimum Gasteiger partial charge on any atom is -0.484 e. The van der Waals surface area contributed by atoms with Gasteiger partial charge in [-0.2, -0.15) is 0 Å². The maximum atomic E-state index is 12.2. The van der Waals surface area contributed by atoms with Gasteiger partial charge < -0.3 is 9.15 Å². The number of sulfone groups is 1. The molecule has 0 atom stereocenters. The first-order valence-corrected chi connectivity index (χ1v) is 10.5. The number of anilines is 1. The number of carbonyl (C=O) groups is 1. The number of carbonyl (C=O) groups excluding carboxylic acids is 1. The number of nitrogens with one attached hydrogen (secondary N) is 1. The second-order valence-electron chi connectivity index (χ2n) is 6.57. The van der Waals surface area contributed by atoms with Crippen LogP contribution in [0.25, 0.3) is 0 Å². The van der Waals surface area contributed by atoms with Crippen molar-refractivity contribution in [1.29, 1.82) is 0 Å². The second kappa shape index (κ2) is 8.87. The predicted octanol–water partition coefficient (Wildman–Crippen LogP) is 2.86. The topological polar surface area (TPSA) is 111 Å². The molecule has 1 heterocycles. The smallest absolute Gasteiger partial charge is 0.322 e. The van der Waals surface area contributed by atoms with Gasteiger partial charge in [0.2, 0.25) is 5.89 Å². The lowest BCUT2D eigenvalue weighted by molar-refractivity contribution is -0.118. The van der Waals surface area contributed by atoms with E-state index in [1.807, 2.05) is 18.2 Å². The van der Waals surface area contributed by atoms with Crippen LogP contribution in [-0.4, -0.2) is 36.4 Å². The molecule has 0 saturated heterocycles. The van der Waals surface area contributed by atoms with E-state index >= 15 is 0 Å². The van der Waals surface area contributed by atoms with Gasteiger partial charge in [-0.05, 0) is 43.7 Å². The van der Waals surface area contributed by atoms with Crippen molar-refractivity contribution in [3.63, 3.8) is 0 Å². The van der Waals surface area contributed by atoms with Crippen LogP contribution in [0.1, 0.15) is 25.3 Å². The molecule has 0 aliphatic heterocycles. The van der Waals surface area contributed by atoms with Gasteiger partial charge in [0.05, 0.1) is 16.6 Å². The van der Waals surface area contributed by atoms with Crippen molar-refractivity contribution in [2.75, 3.05) is 11.9 Å². The van der Waals surface area contributed by atoms with Crippen molar-refractivity contribution in [1.82, 2.24) is 10.2 Å². The van der Waals surface area contributed by atoms with E-state index in [1.54, 1.807) is 50.2 Å². The molecule has 0 aliphatic carbocycles. The summed E-state index contributed by atoms with van der Waals surface area (Å²) in [5.41, 5.74) is 0.807. The van der Waals surface area contributed by atoms with Gasteiger partial charge in [0.1, 0.15) is 5.75 Å². The van der Waals surface area contributed by atoms with Crippen LogP contribution in [0.3, 0.4) is 0 Å². The van der Waals surface area contributed by atoms with Crippen molar-refractivity contribution in [3.8, 4) is 5.75 Å². The van der Waals surface area contributed by atoms with Crippen molar-refractivity contribution < 1.29 is 22.4 Å². The molecule has 2 aromatic carbocycles. The van der Waals surface area contributed by atoms with Gasteiger partial charge in [-0.1, -0.05) is 35.4 Å². The Bertz CT molecular complexity index is 1060. The van der Waals surface area contributed by atoms with Gasteiger partial charge in [-0.25, -0.2) is 8.42 Å². The van der Waals surface area contributed by atoms with Gasteiger partial charge in [-0.3, -0.25) is 10.1 Å². The molecule has 0 aliphatic rings. The van der Waals surface area contributed by atoms with Gasteiger partial charge in [0.25, 0.3) is 5.91 Å². The molecule has 1 aromatic heterocycles. The van der Waals surface area contributed by atoms with E-state index in [9.17, 15) is 13.2 Å². The van der Waals surface area contributed by atoms with Crippen molar-refractivity contribution in [2.24, 2.45) is 0 Å². The van der Waals surface area contributed by atoms with E-state index in [2.05, 4.69) is 15.5 Å². The number of para-hydroxylation sites is 1. The number of rotatable bonds is 8. The molecule has 0 radical (unpaired) electrons. The molecule has 0 bridgehead atoms. The lowest BCUT2D eigenvalue weighted by Gasteiger charge is -2.08. The van der Waals surface area contributed by atoms with E-state index in [4.69, 9.17) is 9.15 Å². The monoisotopic (exact) mass is 415 g/mol. The number of nitrogens with zero attached hydrogens (tertiary/aromatic N) is 2. The Labute approximate surface area is 168 Å². The number of ether oxygens (including phenoxy) is 1. The Hall–Kier alpha value is -3.20. The predicted molar refractivity (Wildman–Crippen MR) is 106 cm³/mol. The highest BCUT2D eigenvalue weighted by Crippen LogP contribution is 2.18. The Balaban J connectivity index is 1.55. The molecule has 3 aromatic rings. The van der Waals surface area contributed by atoms with Crippen LogP contribution < -0.4 is 10.1 Å². The third-order valence-electron chi connectivity index (χ3n) is 4.05. The Morgan fingerprint density at radius 3 is 2.41 bits per heavy atom. The van der Waals surface area contributed by atoms with E-state index in [1.165, 1.54) is 0 Å². The standard InChI is InChI=1S/C20H21N3O5S/c1-14(2)29(25,26)17-10-8-15(9-11-17)12-19-22-23-20(28-19)21-18(24)13-27-16-6-4-3-5-7-16/h3-11,14H,12-13H2,1-2H3,(H,21,23,24). The largest absolute Gasteiger partial charge is 0.484 e. The fourth-order valence-electron chi connectivity index (χ4n) is 2.44. The summed E-state index contributed by atoms with van der Waals surface area (Å²) < 4.78 is 35.1. The van der Waals surface area contributed by atoms with Crippen LogP contribution >= 0.6 is 0 Å². The highest BCUT2D eigenvalue weighted by molar-refractivity contribution is 7.92. The van der Waals surface area contributed by atoms with Crippen LogP contribution in [0.15, 0.2) is 63.9 Å². The molecule has 0 saturated carbocycles. The van der Waals surface area contributed by atoms with Crippen LogP contribution in [0.4, 0.5) is 6.01 Å². The fourth-order valence-corrected chi connectivity index (χ4v) is 3.50. The average Bonchev–Trinajstić information content (AvgIpc) is 3.14. The first-order valence-electron chi connectivity index (χ1n) is 8.97. The van der Waals surface area contributed by atoms with Crippen LogP contribution in [0, 0.1) is 0 Å².